The van der Waals surface area contributed by atoms with E-state index in [1.54, 1.807) is 0 Å². The summed E-state index contributed by atoms with van der Waals surface area (Å²) in [7, 11) is 0. The van der Waals surface area contributed by atoms with Crippen LogP contribution in [0.3, 0.4) is 0 Å². The molecule has 2 rings (SSSR count). The first-order valence-corrected chi connectivity index (χ1v) is 7.09. The standard InChI is InChI=1S/C15H16BrNO/c1-12-3-2-4-14(11-16)15(12)18-10-7-13-5-8-17-9-6-13/h2-6,8-9H,7,10-11H2,1H3. The van der Waals surface area contributed by atoms with Crippen LogP contribution in [-0.4, -0.2) is 11.6 Å². The van der Waals surface area contributed by atoms with E-state index in [0.717, 1.165) is 17.5 Å². The van der Waals surface area contributed by atoms with Gasteiger partial charge in [0, 0.05) is 29.7 Å². The van der Waals surface area contributed by atoms with E-state index in [2.05, 4.69) is 46.0 Å². The third kappa shape index (κ3) is 3.33. The van der Waals surface area contributed by atoms with E-state index in [4.69, 9.17) is 4.74 Å². The summed E-state index contributed by atoms with van der Waals surface area (Å²) in [5.41, 5.74) is 3.63. The van der Waals surface area contributed by atoms with Gasteiger partial charge in [-0.15, -0.1) is 0 Å². The predicted molar refractivity (Wildman–Crippen MR) is 77.2 cm³/mol. The number of nitrogens with zero attached hydrogens (tertiary/aromatic N) is 1. The van der Waals surface area contributed by atoms with Crippen molar-refractivity contribution in [3.8, 4) is 5.75 Å². The lowest BCUT2D eigenvalue weighted by Gasteiger charge is -2.12. The van der Waals surface area contributed by atoms with Crippen LogP contribution in [0.2, 0.25) is 0 Å². The summed E-state index contributed by atoms with van der Waals surface area (Å²) in [5, 5.41) is 0.819. The number of pyridine rings is 1. The maximum absolute atomic E-state index is 5.91. The summed E-state index contributed by atoms with van der Waals surface area (Å²) in [4.78, 5) is 4.01. The van der Waals surface area contributed by atoms with Crippen molar-refractivity contribution in [1.82, 2.24) is 4.98 Å². The molecule has 2 aromatic rings. The van der Waals surface area contributed by atoms with Crippen LogP contribution in [0.5, 0.6) is 5.75 Å². The monoisotopic (exact) mass is 305 g/mol. The highest BCUT2D eigenvalue weighted by molar-refractivity contribution is 9.08. The van der Waals surface area contributed by atoms with Gasteiger partial charge in [-0.1, -0.05) is 34.1 Å². The molecule has 2 nitrogen and oxygen atoms in total. The van der Waals surface area contributed by atoms with Gasteiger partial charge in [-0.25, -0.2) is 0 Å². The number of ether oxygens (including phenoxy) is 1. The fraction of sp³-hybridized carbons (Fsp3) is 0.267. The van der Waals surface area contributed by atoms with Crippen LogP contribution >= 0.6 is 15.9 Å². The first-order chi connectivity index (χ1) is 8.81. The van der Waals surface area contributed by atoms with Crippen LogP contribution < -0.4 is 4.74 Å². The highest BCUT2D eigenvalue weighted by atomic mass is 79.9. The molecule has 18 heavy (non-hydrogen) atoms. The Balaban J connectivity index is 1.98. The Morgan fingerprint density at radius 1 is 1.17 bits per heavy atom. The number of benzene rings is 1. The second-order valence-corrected chi connectivity index (χ2v) is 4.71. The molecule has 0 amide bonds. The third-order valence-corrected chi connectivity index (χ3v) is 3.43. The van der Waals surface area contributed by atoms with Crippen molar-refractivity contribution in [2.45, 2.75) is 18.7 Å². The van der Waals surface area contributed by atoms with Gasteiger partial charge in [0.2, 0.25) is 0 Å². The van der Waals surface area contributed by atoms with E-state index in [9.17, 15) is 0 Å². The fourth-order valence-electron chi connectivity index (χ4n) is 1.85. The lowest BCUT2D eigenvalue weighted by atomic mass is 10.1. The number of hydrogen-bond acceptors (Lipinski definition) is 2. The normalized spacial score (nSPS) is 10.3. The van der Waals surface area contributed by atoms with Crippen molar-refractivity contribution in [2.75, 3.05) is 6.61 Å². The Kier molecular flexibility index (Phi) is 4.76. The van der Waals surface area contributed by atoms with E-state index in [0.29, 0.717) is 6.61 Å². The Morgan fingerprint density at radius 3 is 2.67 bits per heavy atom. The summed E-state index contributed by atoms with van der Waals surface area (Å²) in [6.07, 6.45) is 4.53. The van der Waals surface area contributed by atoms with E-state index in [1.165, 1.54) is 16.7 Å². The lowest BCUT2D eigenvalue weighted by molar-refractivity contribution is 0.317. The van der Waals surface area contributed by atoms with Crippen molar-refractivity contribution in [2.24, 2.45) is 0 Å². The molecule has 0 radical (unpaired) electrons. The summed E-state index contributed by atoms with van der Waals surface area (Å²) in [6.45, 7) is 2.77. The number of aromatic nitrogens is 1. The average Bonchev–Trinajstić information content (AvgIpc) is 2.41. The topological polar surface area (TPSA) is 22.1 Å². The molecular weight excluding hydrogens is 290 g/mol. The van der Waals surface area contributed by atoms with Crippen molar-refractivity contribution in [3.05, 3.63) is 59.4 Å². The van der Waals surface area contributed by atoms with Gasteiger partial charge in [0.15, 0.2) is 0 Å². The highest BCUT2D eigenvalue weighted by Gasteiger charge is 2.05. The Hall–Kier alpha value is -1.35. The number of hydrogen-bond donors (Lipinski definition) is 0. The molecule has 0 saturated heterocycles. The number of alkyl halides is 1. The van der Waals surface area contributed by atoms with Gasteiger partial charge < -0.3 is 4.74 Å². The second kappa shape index (κ2) is 6.55. The third-order valence-electron chi connectivity index (χ3n) is 2.82. The van der Waals surface area contributed by atoms with Crippen molar-refractivity contribution in [1.29, 1.82) is 0 Å². The van der Waals surface area contributed by atoms with Gasteiger partial charge >= 0.3 is 0 Å². The maximum atomic E-state index is 5.91. The lowest BCUT2D eigenvalue weighted by Crippen LogP contribution is -2.04. The molecule has 0 spiro atoms. The number of rotatable bonds is 5. The molecular formula is C15H16BrNO. The maximum Gasteiger partial charge on any atom is 0.126 e. The van der Waals surface area contributed by atoms with Crippen LogP contribution in [0, 0.1) is 6.92 Å². The molecule has 1 aromatic carbocycles. The van der Waals surface area contributed by atoms with Gasteiger partial charge in [0.05, 0.1) is 6.61 Å². The molecule has 1 aromatic heterocycles. The minimum Gasteiger partial charge on any atom is -0.493 e. The fourth-order valence-corrected chi connectivity index (χ4v) is 2.29. The minimum atomic E-state index is 0.689. The van der Waals surface area contributed by atoms with E-state index in [-0.39, 0.29) is 0 Å². The molecule has 0 atom stereocenters. The molecule has 0 fully saturated rings. The Morgan fingerprint density at radius 2 is 1.94 bits per heavy atom. The van der Waals surface area contributed by atoms with Gasteiger partial charge in [0.1, 0.15) is 5.75 Å². The summed E-state index contributed by atoms with van der Waals surface area (Å²) >= 11 is 3.49. The molecule has 94 valence electrons. The zero-order chi connectivity index (χ0) is 12.8. The first-order valence-electron chi connectivity index (χ1n) is 5.97. The van der Waals surface area contributed by atoms with E-state index in [1.807, 2.05) is 24.5 Å². The molecule has 0 aliphatic carbocycles. The predicted octanol–water partition coefficient (Wildman–Crippen LogP) is 3.91. The van der Waals surface area contributed by atoms with Gasteiger partial charge in [-0.2, -0.15) is 0 Å². The van der Waals surface area contributed by atoms with Crippen LogP contribution in [0.15, 0.2) is 42.7 Å². The minimum absolute atomic E-state index is 0.689. The van der Waals surface area contributed by atoms with Gasteiger partial charge in [-0.05, 0) is 30.2 Å². The molecule has 0 bridgehead atoms. The van der Waals surface area contributed by atoms with Crippen LogP contribution in [0.25, 0.3) is 0 Å². The molecule has 0 aliphatic heterocycles. The van der Waals surface area contributed by atoms with E-state index < -0.39 is 0 Å². The molecule has 0 N–H and O–H groups in total. The van der Waals surface area contributed by atoms with Crippen molar-refractivity contribution >= 4 is 15.9 Å². The summed E-state index contributed by atoms with van der Waals surface area (Å²) in [5.74, 6) is 1.00. The second-order valence-electron chi connectivity index (χ2n) is 4.15. The molecule has 1 heterocycles. The Labute approximate surface area is 116 Å². The quantitative estimate of drug-likeness (QED) is 0.782. The number of aryl methyl sites for hydroxylation is 1. The molecule has 0 unspecified atom stereocenters. The zero-order valence-electron chi connectivity index (χ0n) is 10.4. The highest BCUT2D eigenvalue weighted by Crippen LogP contribution is 2.25. The molecule has 0 saturated carbocycles. The summed E-state index contributed by atoms with van der Waals surface area (Å²) in [6, 6.07) is 10.3. The first kappa shape index (κ1) is 13.1. The largest absolute Gasteiger partial charge is 0.493 e. The smallest absolute Gasteiger partial charge is 0.126 e. The van der Waals surface area contributed by atoms with Crippen LogP contribution in [0.1, 0.15) is 16.7 Å². The molecule has 3 heteroatoms. The van der Waals surface area contributed by atoms with E-state index >= 15 is 0 Å². The average molecular weight is 306 g/mol. The van der Waals surface area contributed by atoms with Gasteiger partial charge in [-0.3, -0.25) is 4.98 Å². The number of para-hydroxylation sites is 1. The molecule has 0 aliphatic rings. The van der Waals surface area contributed by atoms with Gasteiger partial charge in [0.25, 0.3) is 0 Å². The Bertz CT molecular complexity index is 499. The summed E-state index contributed by atoms with van der Waals surface area (Å²) < 4.78 is 5.91. The van der Waals surface area contributed by atoms with Crippen molar-refractivity contribution in [3.63, 3.8) is 0 Å². The van der Waals surface area contributed by atoms with Crippen LogP contribution in [-0.2, 0) is 11.8 Å². The number of halogens is 1. The van der Waals surface area contributed by atoms with Crippen molar-refractivity contribution < 1.29 is 4.74 Å². The zero-order valence-corrected chi connectivity index (χ0v) is 12.0. The SMILES string of the molecule is Cc1cccc(CBr)c1OCCc1ccncc1. The van der Waals surface area contributed by atoms with Crippen LogP contribution in [0.4, 0.5) is 0 Å².